The molecule has 0 saturated carbocycles. The van der Waals surface area contributed by atoms with Crippen LogP contribution in [-0.2, 0) is 25.5 Å². The van der Waals surface area contributed by atoms with Crippen LogP contribution in [0.2, 0.25) is 0 Å². The number of ketones is 1. The number of hydrogen-bond donors (Lipinski definition) is 3. The number of phenols is 1. The molecule has 1 rings (SSSR count). The van der Waals surface area contributed by atoms with Crippen molar-refractivity contribution in [2.75, 3.05) is 0 Å². The smallest absolute Gasteiger partial charge is 0.306 e. The molecule has 0 heterocycles. The Kier molecular flexibility index (Phi) is 7.76. The Labute approximate surface area is 153 Å². The molecule has 144 valence electrons. The first-order chi connectivity index (χ1) is 12.0. The van der Waals surface area contributed by atoms with E-state index in [0.717, 1.165) is 5.56 Å². The van der Waals surface area contributed by atoms with Crippen LogP contribution in [0.5, 0.6) is 5.75 Å². The molecule has 0 aliphatic heterocycles. The normalized spacial score (nSPS) is 13.6. The lowest BCUT2D eigenvalue weighted by Crippen LogP contribution is -2.48. The van der Waals surface area contributed by atoms with Gasteiger partial charge < -0.3 is 20.9 Å². The van der Waals surface area contributed by atoms with Gasteiger partial charge in [-0.15, -0.1) is 0 Å². The van der Waals surface area contributed by atoms with E-state index in [1.54, 1.807) is 32.9 Å². The number of hydrogen-bond acceptors (Lipinski definition) is 6. The molecule has 0 fully saturated rings. The van der Waals surface area contributed by atoms with Gasteiger partial charge in [-0.1, -0.05) is 12.1 Å². The van der Waals surface area contributed by atoms with Crippen molar-refractivity contribution in [1.29, 1.82) is 0 Å². The highest BCUT2D eigenvalue weighted by atomic mass is 16.6. The quantitative estimate of drug-likeness (QED) is 0.601. The maximum atomic E-state index is 12.5. The lowest BCUT2D eigenvalue weighted by molar-refractivity contribution is -0.155. The van der Waals surface area contributed by atoms with Gasteiger partial charge in [-0.25, -0.2) is 0 Å². The molecule has 0 unspecified atom stereocenters. The molecule has 0 saturated heterocycles. The van der Waals surface area contributed by atoms with E-state index in [0.29, 0.717) is 0 Å². The maximum Gasteiger partial charge on any atom is 0.306 e. The molecule has 0 spiro atoms. The molecule has 26 heavy (non-hydrogen) atoms. The van der Waals surface area contributed by atoms with E-state index in [1.165, 1.54) is 19.1 Å². The van der Waals surface area contributed by atoms with Gasteiger partial charge >= 0.3 is 5.97 Å². The number of esters is 1. The summed E-state index contributed by atoms with van der Waals surface area (Å²) in [5.41, 5.74) is 5.71. The molecular formula is C19H28N2O5. The number of aromatic hydroxyl groups is 1. The SMILES string of the molecule is C[C@H](N)C(=O)N[C@@H](Cc1ccc(O)cc1)C(=O)CCC(=O)OC(C)(C)C. The minimum atomic E-state index is -0.805. The van der Waals surface area contributed by atoms with Crippen LogP contribution in [0.1, 0.15) is 46.1 Å². The van der Waals surface area contributed by atoms with Crippen molar-refractivity contribution < 1.29 is 24.2 Å². The van der Waals surface area contributed by atoms with Crippen LogP contribution in [0.3, 0.4) is 0 Å². The van der Waals surface area contributed by atoms with Gasteiger partial charge in [0, 0.05) is 6.42 Å². The minimum Gasteiger partial charge on any atom is -0.508 e. The Bertz CT molecular complexity index is 632. The Morgan fingerprint density at radius 2 is 1.73 bits per heavy atom. The summed E-state index contributed by atoms with van der Waals surface area (Å²) in [5.74, 6) is -1.08. The van der Waals surface area contributed by atoms with Gasteiger partial charge in [-0.2, -0.15) is 0 Å². The number of amides is 1. The van der Waals surface area contributed by atoms with Crippen molar-refractivity contribution >= 4 is 17.7 Å². The van der Waals surface area contributed by atoms with Crippen LogP contribution >= 0.6 is 0 Å². The van der Waals surface area contributed by atoms with Gasteiger partial charge in [0.1, 0.15) is 11.4 Å². The first-order valence-corrected chi connectivity index (χ1v) is 8.56. The monoisotopic (exact) mass is 364 g/mol. The average molecular weight is 364 g/mol. The average Bonchev–Trinajstić information content (AvgIpc) is 2.52. The lowest BCUT2D eigenvalue weighted by atomic mass is 9.99. The van der Waals surface area contributed by atoms with Crippen molar-refractivity contribution in [2.24, 2.45) is 5.73 Å². The molecule has 0 aliphatic carbocycles. The van der Waals surface area contributed by atoms with Gasteiger partial charge in [-0.05, 0) is 51.8 Å². The zero-order valence-corrected chi connectivity index (χ0v) is 15.7. The maximum absolute atomic E-state index is 12.5. The molecule has 1 aromatic rings. The number of nitrogens with one attached hydrogen (secondary N) is 1. The second-order valence-corrected chi connectivity index (χ2v) is 7.27. The Morgan fingerprint density at radius 1 is 1.15 bits per heavy atom. The lowest BCUT2D eigenvalue weighted by Gasteiger charge is -2.21. The Hall–Kier alpha value is -2.41. The third-order valence-corrected chi connectivity index (χ3v) is 3.49. The first-order valence-electron chi connectivity index (χ1n) is 8.56. The van der Waals surface area contributed by atoms with Gasteiger partial charge in [0.25, 0.3) is 0 Å². The fourth-order valence-electron chi connectivity index (χ4n) is 2.21. The van der Waals surface area contributed by atoms with E-state index in [1.807, 2.05) is 0 Å². The summed E-state index contributed by atoms with van der Waals surface area (Å²) in [6.45, 7) is 6.79. The summed E-state index contributed by atoms with van der Waals surface area (Å²) in [6, 6.07) is 4.79. The van der Waals surface area contributed by atoms with Crippen LogP contribution in [0.15, 0.2) is 24.3 Å². The predicted octanol–water partition coefficient (Wildman–Crippen LogP) is 1.46. The molecule has 1 amide bonds. The Balaban J connectivity index is 2.76. The number of ether oxygens (including phenoxy) is 1. The molecule has 7 heteroatoms. The van der Waals surface area contributed by atoms with Crippen LogP contribution < -0.4 is 11.1 Å². The number of carbonyl (C=O) groups excluding carboxylic acids is 3. The molecule has 0 aromatic heterocycles. The molecule has 0 aliphatic rings. The number of benzene rings is 1. The number of carbonyl (C=O) groups is 3. The second kappa shape index (κ2) is 9.33. The zero-order chi connectivity index (χ0) is 19.9. The van der Waals surface area contributed by atoms with Crippen molar-refractivity contribution in [1.82, 2.24) is 5.32 Å². The van der Waals surface area contributed by atoms with Crippen LogP contribution in [0.25, 0.3) is 0 Å². The number of phenolic OH excluding ortho intramolecular Hbond substituents is 1. The summed E-state index contributed by atoms with van der Waals surface area (Å²) in [4.78, 5) is 36.2. The highest BCUT2D eigenvalue weighted by Gasteiger charge is 2.24. The molecule has 1 aromatic carbocycles. The summed E-state index contributed by atoms with van der Waals surface area (Å²) >= 11 is 0. The van der Waals surface area contributed by atoms with Crippen LogP contribution in [0, 0.1) is 0 Å². The fraction of sp³-hybridized carbons (Fsp3) is 0.526. The van der Waals surface area contributed by atoms with Crippen LogP contribution in [-0.4, -0.2) is 40.5 Å². The second-order valence-electron chi connectivity index (χ2n) is 7.27. The van der Waals surface area contributed by atoms with Crippen molar-refractivity contribution in [3.8, 4) is 5.75 Å². The first kappa shape index (κ1) is 21.6. The zero-order valence-electron chi connectivity index (χ0n) is 15.7. The van der Waals surface area contributed by atoms with E-state index in [2.05, 4.69) is 5.32 Å². The third kappa shape index (κ3) is 8.11. The number of nitrogens with two attached hydrogens (primary N) is 1. The minimum absolute atomic E-state index is 0.0447. The summed E-state index contributed by atoms with van der Waals surface area (Å²) < 4.78 is 5.19. The molecular weight excluding hydrogens is 336 g/mol. The van der Waals surface area contributed by atoms with Crippen molar-refractivity contribution in [3.63, 3.8) is 0 Å². The highest BCUT2D eigenvalue weighted by Crippen LogP contribution is 2.14. The van der Waals surface area contributed by atoms with E-state index in [4.69, 9.17) is 10.5 Å². The number of Topliss-reactive ketones (excluding diaryl/α,β-unsaturated/α-hetero) is 1. The fourth-order valence-corrected chi connectivity index (χ4v) is 2.21. The summed E-state index contributed by atoms with van der Waals surface area (Å²) in [5, 5.41) is 12.0. The topological polar surface area (TPSA) is 119 Å². The van der Waals surface area contributed by atoms with Gasteiger partial charge in [0.2, 0.25) is 5.91 Å². The van der Waals surface area contributed by atoms with Crippen LogP contribution in [0.4, 0.5) is 0 Å². The molecule has 2 atom stereocenters. The highest BCUT2D eigenvalue weighted by molar-refractivity contribution is 5.92. The van der Waals surface area contributed by atoms with Gasteiger partial charge in [0.05, 0.1) is 18.5 Å². The van der Waals surface area contributed by atoms with E-state index >= 15 is 0 Å². The molecule has 7 nitrogen and oxygen atoms in total. The standard InChI is InChI=1S/C19H28N2O5/c1-12(20)18(25)21-15(11-13-5-7-14(22)8-6-13)16(23)9-10-17(24)26-19(2,3)4/h5-8,12,15,22H,9-11,20H2,1-4H3,(H,21,25)/t12-,15-/m0/s1. The van der Waals surface area contributed by atoms with Gasteiger partial charge in [0.15, 0.2) is 5.78 Å². The summed E-state index contributed by atoms with van der Waals surface area (Å²) in [7, 11) is 0. The van der Waals surface area contributed by atoms with Crippen molar-refractivity contribution in [3.05, 3.63) is 29.8 Å². The van der Waals surface area contributed by atoms with Gasteiger partial charge in [-0.3, -0.25) is 14.4 Å². The molecule has 0 bridgehead atoms. The largest absolute Gasteiger partial charge is 0.508 e. The van der Waals surface area contributed by atoms with E-state index in [9.17, 15) is 19.5 Å². The van der Waals surface area contributed by atoms with E-state index in [-0.39, 0.29) is 30.8 Å². The Morgan fingerprint density at radius 3 is 2.23 bits per heavy atom. The third-order valence-electron chi connectivity index (χ3n) is 3.49. The summed E-state index contributed by atoms with van der Waals surface area (Å²) in [6.07, 6.45) is 0.138. The predicted molar refractivity (Wildman–Crippen MR) is 97.5 cm³/mol. The van der Waals surface area contributed by atoms with E-state index < -0.39 is 29.6 Å². The molecule has 0 radical (unpaired) electrons. The van der Waals surface area contributed by atoms with Crippen molar-refractivity contribution in [2.45, 2.75) is 64.6 Å². The number of rotatable bonds is 8. The molecule has 4 N–H and O–H groups in total.